The second-order valence-corrected chi connectivity index (χ2v) is 6.01. The quantitative estimate of drug-likeness (QED) is 0.670. The highest BCUT2D eigenvalue weighted by molar-refractivity contribution is 5.87. The number of carbonyl (C=O) groups excluding carboxylic acids is 2. The van der Waals surface area contributed by atoms with Crippen molar-refractivity contribution in [2.24, 2.45) is 0 Å². The normalized spacial score (nSPS) is 10.1. The molecule has 0 saturated carbocycles. The molecule has 0 unspecified atom stereocenters. The van der Waals surface area contributed by atoms with Crippen LogP contribution in [0, 0.1) is 0 Å². The minimum absolute atomic E-state index is 0.376. The van der Waals surface area contributed by atoms with Crippen molar-refractivity contribution in [1.82, 2.24) is 0 Å². The van der Waals surface area contributed by atoms with E-state index < -0.39 is 12.2 Å². The molecule has 0 aromatic heterocycles. The Kier molecular flexibility index (Phi) is 8.16. The predicted molar refractivity (Wildman–Crippen MR) is 106 cm³/mol. The molecule has 2 aromatic carbocycles. The standard InChI is InChI=1S/C21H26N2O4/c1-3-13-26-20(24)22-18-11-7-5-9-16(18)15-17-10-6-8-12-19(17)23-21(25)27-14-4-2/h5-12H,3-4,13-15H2,1-2H3,(H,22,24)(H,23,25). The van der Waals surface area contributed by atoms with Gasteiger partial charge in [0, 0.05) is 17.8 Å². The Labute approximate surface area is 159 Å². The molecule has 0 radical (unpaired) electrons. The molecule has 0 fully saturated rings. The molecule has 2 amide bonds. The van der Waals surface area contributed by atoms with E-state index in [4.69, 9.17) is 9.47 Å². The number of ether oxygens (including phenoxy) is 2. The molecule has 6 nitrogen and oxygen atoms in total. The molecule has 2 aromatic rings. The van der Waals surface area contributed by atoms with Gasteiger partial charge in [-0.2, -0.15) is 0 Å². The van der Waals surface area contributed by atoms with Gasteiger partial charge >= 0.3 is 12.2 Å². The van der Waals surface area contributed by atoms with E-state index in [1.54, 1.807) is 0 Å². The summed E-state index contributed by atoms with van der Waals surface area (Å²) in [5, 5.41) is 5.56. The first-order chi connectivity index (χ1) is 13.1. The SMILES string of the molecule is CCCOC(=O)Nc1ccccc1Cc1ccccc1NC(=O)OCCC. The van der Waals surface area contributed by atoms with Crippen molar-refractivity contribution < 1.29 is 19.1 Å². The van der Waals surface area contributed by atoms with E-state index in [2.05, 4.69) is 10.6 Å². The minimum Gasteiger partial charge on any atom is -0.449 e. The fourth-order valence-corrected chi connectivity index (χ4v) is 2.48. The smallest absolute Gasteiger partial charge is 0.411 e. The lowest BCUT2D eigenvalue weighted by Crippen LogP contribution is -2.16. The third-order valence-corrected chi connectivity index (χ3v) is 3.76. The van der Waals surface area contributed by atoms with Crippen molar-refractivity contribution >= 4 is 23.6 Å². The summed E-state index contributed by atoms with van der Waals surface area (Å²) in [6.07, 6.45) is 1.12. The summed E-state index contributed by atoms with van der Waals surface area (Å²) in [5.74, 6) is 0. The molecule has 0 aliphatic rings. The highest BCUT2D eigenvalue weighted by Crippen LogP contribution is 2.24. The summed E-state index contributed by atoms with van der Waals surface area (Å²) in [6.45, 7) is 4.63. The molecule has 2 N–H and O–H groups in total. The summed E-state index contributed by atoms with van der Waals surface area (Å²) in [4.78, 5) is 23.8. The molecule has 0 heterocycles. The molecular formula is C21H26N2O4. The van der Waals surface area contributed by atoms with Gasteiger partial charge in [-0.3, -0.25) is 10.6 Å². The Hall–Kier alpha value is -3.02. The summed E-state index contributed by atoms with van der Waals surface area (Å²) in [5.41, 5.74) is 3.20. The Bertz CT molecular complexity index is 698. The van der Waals surface area contributed by atoms with Crippen LogP contribution in [0.5, 0.6) is 0 Å². The Morgan fingerprint density at radius 3 is 1.56 bits per heavy atom. The van der Waals surface area contributed by atoms with Gasteiger partial charge in [0.15, 0.2) is 0 Å². The molecule has 27 heavy (non-hydrogen) atoms. The van der Waals surface area contributed by atoms with Gasteiger partial charge in [0.05, 0.1) is 13.2 Å². The molecule has 0 atom stereocenters. The number of anilines is 2. The van der Waals surface area contributed by atoms with E-state index in [-0.39, 0.29) is 0 Å². The van der Waals surface area contributed by atoms with Gasteiger partial charge in [-0.1, -0.05) is 50.2 Å². The highest BCUT2D eigenvalue weighted by atomic mass is 16.6. The Balaban J connectivity index is 2.13. The van der Waals surface area contributed by atoms with Gasteiger partial charge in [-0.05, 0) is 36.1 Å². The van der Waals surface area contributed by atoms with Gasteiger partial charge < -0.3 is 9.47 Å². The number of hydrogen-bond acceptors (Lipinski definition) is 4. The van der Waals surface area contributed by atoms with Crippen molar-refractivity contribution in [3.8, 4) is 0 Å². The van der Waals surface area contributed by atoms with Crippen molar-refractivity contribution in [2.45, 2.75) is 33.1 Å². The highest BCUT2D eigenvalue weighted by Gasteiger charge is 2.11. The van der Waals surface area contributed by atoms with Crippen molar-refractivity contribution in [3.63, 3.8) is 0 Å². The van der Waals surface area contributed by atoms with Gasteiger partial charge in [-0.25, -0.2) is 9.59 Å². The van der Waals surface area contributed by atoms with E-state index in [1.165, 1.54) is 0 Å². The summed E-state index contributed by atoms with van der Waals surface area (Å²) in [6, 6.07) is 15.0. The lowest BCUT2D eigenvalue weighted by Gasteiger charge is -2.14. The maximum atomic E-state index is 11.9. The zero-order chi connectivity index (χ0) is 19.5. The molecule has 0 aliphatic heterocycles. The molecule has 6 heteroatoms. The number of amides is 2. The third-order valence-electron chi connectivity index (χ3n) is 3.76. The summed E-state index contributed by atoms with van der Waals surface area (Å²) < 4.78 is 10.2. The van der Waals surface area contributed by atoms with Crippen LogP contribution in [-0.2, 0) is 15.9 Å². The maximum Gasteiger partial charge on any atom is 0.411 e. The van der Waals surface area contributed by atoms with Gasteiger partial charge in [0.1, 0.15) is 0 Å². The van der Waals surface area contributed by atoms with Crippen molar-refractivity contribution in [1.29, 1.82) is 0 Å². The summed E-state index contributed by atoms with van der Waals surface area (Å²) >= 11 is 0. The van der Waals surface area contributed by atoms with Crippen LogP contribution < -0.4 is 10.6 Å². The van der Waals surface area contributed by atoms with Crippen LogP contribution in [0.3, 0.4) is 0 Å². The van der Waals surface area contributed by atoms with Gasteiger partial charge in [0.25, 0.3) is 0 Å². The molecule has 144 valence electrons. The average molecular weight is 370 g/mol. The van der Waals surface area contributed by atoms with E-state index in [9.17, 15) is 9.59 Å². The first kappa shape index (κ1) is 20.3. The van der Waals surface area contributed by atoms with Crippen LogP contribution in [0.2, 0.25) is 0 Å². The van der Waals surface area contributed by atoms with E-state index in [0.717, 1.165) is 24.0 Å². The lowest BCUT2D eigenvalue weighted by molar-refractivity contribution is 0.161. The molecule has 0 bridgehead atoms. The number of benzene rings is 2. The number of nitrogens with one attached hydrogen (secondary N) is 2. The number of rotatable bonds is 8. The van der Waals surface area contributed by atoms with Crippen LogP contribution in [0.15, 0.2) is 48.5 Å². The monoisotopic (exact) mass is 370 g/mol. The Morgan fingerprint density at radius 2 is 1.15 bits per heavy atom. The number of hydrogen-bond donors (Lipinski definition) is 2. The van der Waals surface area contributed by atoms with Crippen LogP contribution in [0.4, 0.5) is 21.0 Å². The second kappa shape index (κ2) is 10.9. The van der Waals surface area contributed by atoms with Crippen LogP contribution in [0.25, 0.3) is 0 Å². The zero-order valence-electron chi connectivity index (χ0n) is 15.8. The Morgan fingerprint density at radius 1 is 0.741 bits per heavy atom. The van der Waals surface area contributed by atoms with Crippen LogP contribution in [-0.4, -0.2) is 25.4 Å². The minimum atomic E-state index is -0.473. The first-order valence-corrected chi connectivity index (χ1v) is 9.17. The van der Waals surface area contributed by atoms with E-state index >= 15 is 0 Å². The fourth-order valence-electron chi connectivity index (χ4n) is 2.48. The van der Waals surface area contributed by atoms with Crippen LogP contribution >= 0.6 is 0 Å². The van der Waals surface area contributed by atoms with Gasteiger partial charge in [-0.15, -0.1) is 0 Å². The maximum absolute atomic E-state index is 11.9. The van der Waals surface area contributed by atoms with E-state index in [0.29, 0.717) is 31.0 Å². The third kappa shape index (κ3) is 6.66. The van der Waals surface area contributed by atoms with Crippen molar-refractivity contribution in [3.05, 3.63) is 59.7 Å². The van der Waals surface area contributed by atoms with E-state index in [1.807, 2.05) is 62.4 Å². The fraction of sp³-hybridized carbons (Fsp3) is 0.333. The first-order valence-electron chi connectivity index (χ1n) is 9.17. The molecule has 0 saturated heterocycles. The lowest BCUT2D eigenvalue weighted by atomic mass is 10.0. The van der Waals surface area contributed by atoms with Crippen LogP contribution in [0.1, 0.15) is 37.8 Å². The summed E-state index contributed by atoms with van der Waals surface area (Å²) in [7, 11) is 0. The second-order valence-electron chi connectivity index (χ2n) is 6.01. The number of carbonyl (C=O) groups is 2. The topological polar surface area (TPSA) is 76.7 Å². The molecular weight excluding hydrogens is 344 g/mol. The average Bonchev–Trinajstić information content (AvgIpc) is 2.67. The molecule has 2 rings (SSSR count). The largest absolute Gasteiger partial charge is 0.449 e. The molecule has 0 aliphatic carbocycles. The molecule has 0 spiro atoms. The predicted octanol–water partition coefficient (Wildman–Crippen LogP) is 5.19. The number of para-hydroxylation sites is 2. The zero-order valence-corrected chi connectivity index (χ0v) is 15.8. The van der Waals surface area contributed by atoms with Crippen molar-refractivity contribution in [2.75, 3.05) is 23.8 Å². The van der Waals surface area contributed by atoms with Gasteiger partial charge in [0.2, 0.25) is 0 Å².